The first-order chi connectivity index (χ1) is 9.92. The van der Waals surface area contributed by atoms with Crippen LogP contribution in [0.25, 0.3) is 0 Å². The zero-order chi connectivity index (χ0) is 15.6. The Labute approximate surface area is 128 Å². The molecule has 1 N–H and O–H groups in total. The van der Waals surface area contributed by atoms with Crippen molar-refractivity contribution in [3.8, 4) is 0 Å². The lowest BCUT2D eigenvalue weighted by molar-refractivity contribution is 0.0600. The van der Waals surface area contributed by atoms with Gasteiger partial charge in [0.2, 0.25) is 0 Å². The van der Waals surface area contributed by atoms with Crippen LogP contribution in [0.3, 0.4) is 0 Å². The molecule has 0 aliphatic heterocycles. The summed E-state index contributed by atoms with van der Waals surface area (Å²) < 4.78 is 6.72. The van der Waals surface area contributed by atoms with Crippen LogP contribution >= 0.6 is 15.9 Å². The van der Waals surface area contributed by atoms with Gasteiger partial charge in [-0.3, -0.25) is 14.3 Å². The highest BCUT2D eigenvalue weighted by atomic mass is 79.9. The van der Waals surface area contributed by atoms with Gasteiger partial charge in [-0.2, -0.15) is 0 Å². The Morgan fingerprint density at radius 1 is 1.38 bits per heavy atom. The molecule has 0 aliphatic rings. The van der Waals surface area contributed by atoms with E-state index in [9.17, 15) is 14.4 Å². The first-order valence-corrected chi connectivity index (χ1v) is 6.89. The molecule has 0 aliphatic carbocycles. The Balaban J connectivity index is 2.37. The van der Waals surface area contributed by atoms with E-state index >= 15 is 0 Å². The summed E-state index contributed by atoms with van der Waals surface area (Å²) in [5.41, 5.74) is 0.803. The topological polar surface area (TPSA) is 81.2 Å². The summed E-state index contributed by atoms with van der Waals surface area (Å²) in [5, 5.41) is 0. The number of hydrogen-bond donors (Lipinski definition) is 1. The Hall–Kier alpha value is -2.15. The van der Waals surface area contributed by atoms with Gasteiger partial charge in [0.25, 0.3) is 5.56 Å². The zero-order valence-electron chi connectivity index (χ0n) is 11.5. The second-order valence-corrected chi connectivity index (χ2v) is 5.35. The van der Waals surface area contributed by atoms with Crippen LogP contribution in [0.1, 0.15) is 21.5 Å². The molecule has 1 aromatic carbocycles. The van der Waals surface area contributed by atoms with Gasteiger partial charge in [0.1, 0.15) is 0 Å². The molecule has 6 nitrogen and oxygen atoms in total. The molecule has 0 unspecified atom stereocenters. The fourth-order valence-electron chi connectivity index (χ4n) is 1.84. The van der Waals surface area contributed by atoms with Gasteiger partial charge in [0.05, 0.1) is 19.2 Å². The van der Waals surface area contributed by atoms with Crippen LogP contribution in [0.5, 0.6) is 0 Å². The second kappa shape index (κ2) is 6.09. The summed E-state index contributed by atoms with van der Waals surface area (Å²) in [5.74, 6) is -0.431. The molecule has 2 rings (SSSR count). The van der Waals surface area contributed by atoms with Crippen LogP contribution < -0.4 is 11.2 Å². The largest absolute Gasteiger partial charge is 0.465 e. The van der Waals surface area contributed by atoms with E-state index in [1.807, 2.05) is 0 Å². The number of aromatic nitrogens is 2. The minimum atomic E-state index is -0.477. The molecular weight excluding hydrogens is 340 g/mol. The molecule has 0 spiro atoms. The van der Waals surface area contributed by atoms with Crippen molar-refractivity contribution in [3.63, 3.8) is 0 Å². The van der Waals surface area contributed by atoms with E-state index in [0.717, 1.165) is 5.56 Å². The van der Waals surface area contributed by atoms with Gasteiger partial charge in [0.15, 0.2) is 0 Å². The van der Waals surface area contributed by atoms with Crippen molar-refractivity contribution in [2.45, 2.75) is 13.5 Å². The number of ether oxygens (including phenoxy) is 1. The number of methoxy groups -OCH3 is 1. The second-order valence-electron chi connectivity index (χ2n) is 4.50. The average Bonchev–Trinajstić information content (AvgIpc) is 2.45. The number of nitrogens with zero attached hydrogens (tertiary/aromatic N) is 1. The number of rotatable bonds is 3. The Morgan fingerprint density at radius 2 is 2.10 bits per heavy atom. The number of carbonyl (C=O) groups excluding carboxylic acids is 1. The normalized spacial score (nSPS) is 10.4. The maximum Gasteiger partial charge on any atom is 0.337 e. The van der Waals surface area contributed by atoms with E-state index in [-0.39, 0.29) is 6.54 Å². The standard InChI is InChI=1S/C14H13BrN2O4/c1-8-6-17(14(20)16-12(8)18)7-10-4-3-9(5-11(10)15)13(19)21-2/h3-6H,7H2,1-2H3,(H,16,18,20). The molecule has 21 heavy (non-hydrogen) atoms. The SMILES string of the molecule is COC(=O)c1ccc(Cn2cc(C)c(=O)[nH]c2=O)c(Br)c1. The molecule has 0 bridgehead atoms. The van der Waals surface area contributed by atoms with E-state index in [2.05, 4.69) is 25.7 Å². The first-order valence-electron chi connectivity index (χ1n) is 6.09. The van der Waals surface area contributed by atoms with Crippen molar-refractivity contribution in [1.82, 2.24) is 9.55 Å². The summed E-state index contributed by atoms with van der Waals surface area (Å²) in [4.78, 5) is 36.8. The molecule has 0 saturated carbocycles. The third-order valence-electron chi connectivity index (χ3n) is 3.00. The predicted octanol–water partition coefficient (Wildman–Crippen LogP) is 1.44. The van der Waals surface area contributed by atoms with E-state index in [0.29, 0.717) is 15.6 Å². The molecule has 7 heteroatoms. The Morgan fingerprint density at radius 3 is 2.71 bits per heavy atom. The van der Waals surface area contributed by atoms with Crippen LogP contribution in [-0.4, -0.2) is 22.6 Å². The fourth-order valence-corrected chi connectivity index (χ4v) is 2.34. The summed E-state index contributed by atoms with van der Waals surface area (Å²) >= 11 is 3.36. The third kappa shape index (κ3) is 3.30. The van der Waals surface area contributed by atoms with Crippen LogP contribution in [0, 0.1) is 6.92 Å². The molecule has 110 valence electrons. The fraction of sp³-hybridized carbons (Fsp3) is 0.214. The molecule has 0 saturated heterocycles. The molecule has 0 atom stereocenters. The molecule has 1 aromatic heterocycles. The molecule has 0 amide bonds. The van der Waals surface area contributed by atoms with Crippen molar-refractivity contribution < 1.29 is 9.53 Å². The minimum absolute atomic E-state index is 0.276. The summed E-state index contributed by atoms with van der Waals surface area (Å²) in [6, 6.07) is 4.98. The molecule has 1 heterocycles. The number of nitrogens with one attached hydrogen (secondary N) is 1. The first kappa shape index (κ1) is 15.2. The lowest BCUT2D eigenvalue weighted by atomic mass is 10.1. The van der Waals surface area contributed by atoms with E-state index in [4.69, 9.17) is 0 Å². The van der Waals surface area contributed by atoms with Gasteiger partial charge < -0.3 is 4.74 Å². The quantitative estimate of drug-likeness (QED) is 0.847. The van der Waals surface area contributed by atoms with Gasteiger partial charge in [-0.25, -0.2) is 9.59 Å². The van der Waals surface area contributed by atoms with Crippen LogP contribution in [0.15, 0.2) is 38.5 Å². The highest BCUT2D eigenvalue weighted by Crippen LogP contribution is 2.19. The van der Waals surface area contributed by atoms with Gasteiger partial charge in [-0.15, -0.1) is 0 Å². The van der Waals surface area contributed by atoms with Crippen molar-refractivity contribution in [2.24, 2.45) is 0 Å². The van der Waals surface area contributed by atoms with Gasteiger partial charge in [-0.1, -0.05) is 22.0 Å². The maximum absolute atomic E-state index is 11.7. The predicted molar refractivity (Wildman–Crippen MR) is 80.6 cm³/mol. The smallest absolute Gasteiger partial charge is 0.337 e. The van der Waals surface area contributed by atoms with E-state index in [1.165, 1.54) is 17.9 Å². The van der Waals surface area contributed by atoms with Crippen LogP contribution in [0.2, 0.25) is 0 Å². The maximum atomic E-state index is 11.7. The highest BCUT2D eigenvalue weighted by molar-refractivity contribution is 9.10. The van der Waals surface area contributed by atoms with E-state index in [1.54, 1.807) is 25.1 Å². The van der Waals surface area contributed by atoms with E-state index < -0.39 is 17.2 Å². The van der Waals surface area contributed by atoms with Gasteiger partial charge in [-0.05, 0) is 24.6 Å². The number of benzene rings is 1. The number of halogens is 1. The monoisotopic (exact) mass is 352 g/mol. The highest BCUT2D eigenvalue weighted by Gasteiger charge is 2.10. The molecular formula is C14H13BrN2O4. The third-order valence-corrected chi connectivity index (χ3v) is 3.74. The number of aryl methyl sites for hydroxylation is 1. The van der Waals surface area contributed by atoms with Crippen molar-refractivity contribution in [1.29, 1.82) is 0 Å². The zero-order valence-corrected chi connectivity index (χ0v) is 13.1. The lowest BCUT2D eigenvalue weighted by Crippen LogP contribution is -2.31. The molecule has 2 aromatic rings. The average molecular weight is 353 g/mol. The number of H-pyrrole nitrogens is 1. The van der Waals surface area contributed by atoms with Crippen LogP contribution in [0.4, 0.5) is 0 Å². The van der Waals surface area contributed by atoms with Gasteiger partial charge in [0, 0.05) is 16.2 Å². The van der Waals surface area contributed by atoms with Crippen molar-refractivity contribution >= 4 is 21.9 Å². The lowest BCUT2D eigenvalue weighted by Gasteiger charge is -2.09. The molecule has 0 radical (unpaired) electrons. The Bertz CT molecular complexity index is 807. The number of esters is 1. The molecule has 0 fully saturated rings. The van der Waals surface area contributed by atoms with Gasteiger partial charge >= 0.3 is 11.7 Å². The van der Waals surface area contributed by atoms with Crippen molar-refractivity contribution in [2.75, 3.05) is 7.11 Å². The number of aromatic amines is 1. The summed E-state index contributed by atoms with van der Waals surface area (Å²) in [6.07, 6.45) is 1.50. The number of hydrogen-bond acceptors (Lipinski definition) is 4. The number of carbonyl (C=O) groups is 1. The summed E-state index contributed by atoms with van der Waals surface area (Å²) in [7, 11) is 1.31. The van der Waals surface area contributed by atoms with Crippen molar-refractivity contribution in [3.05, 3.63) is 66.4 Å². The van der Waals surface area contributed by atoms with Crippen LogP contribution in [-0.2, 0) is 11.3 Å². The minimum Gasteiger partial charge on any atom is -0.465 e. The summed E-state index contributed by atoms with van der Waals surface area (Å²) in [6.45, 7) is 1.91. The Kier molecular flexibility index (Phi) is 4.42.